The Bertz CT molecular complexity index is 472. The molecule has 0 radical (unpaired) electrons. The molecule has 0 bridgehead atoms. The minimum absolute atomic E-state index is 0.0197. The predicted molar refractivity (Wildman–Crippen MR) is 69.9 cm³/mol. The van der Waals surface area contributed by atoms with Gasteiger partial charge in [-0.3, -0.25) is 4.79 Å². The van der Waals surface area contributed by atoms with Crippen molar-refractivity contribution in [3.63, 3.8) is 0 Å². The van der Waals surface area contributed by atoms with Crippen molar-refractivity contribution in [2.24, 2.45) is 0 Å². The maximum absolute atomic E-state index is 13.8. The molecule has 0 aliphatic carbocycles. The van der Waals surface area contributed by atoms with Gasteiger partial charge in [-0.25, -0.2) is 4.39 Å². The molecule has 0 spiro atoms. The molecule has 4 nitrogen and oxygen atoms in total. The summed E-state index contributed by atoms with van der Waals surface area (Å²) in [5.74, 6) is -0.829. The fraction of sp³-hybridized carbons (Fsp3) is 0.462. The Hall–Kier alpha value is -0.980. The van der Waals surface area contributed by atoms with Gasteiger partial charge in [0.1, 0.15) is 0 Å². The molecule has 19 heavy (non-hydrogen) atoms. The summed E-state index contributed by atoms with van der Waals surface area (Å²) >= 11 is 3.15. The molecule has 1 heterocycles. The lowest BCUT2D eigenvalue weighted by Gasteiger charge is -2.13. The first-order valence-electron chi connectivity index (χ1n) is 5.94. The van der Waals surface area contributed by atoms with E-state index in [2.05, 4.69) is 15.9 Å². The average Bonchev–Trinajstić information content (AvgIpc) is 2.84. The number of halogens is 2. The lowest BCUT2D eigenvalue weighted by Crippen LogP contribution is -2.14. The topological polar surface area (TPSA) is 44.8 Å². The smallest absolute Gasteiger partial charge is 0.166 e. The highest BCUT2D eigenvalue weighted by molar-refractivity contribution is 9.10. The van der Waals surface area contributed by atoms with E-state index in [1.807, 2.05) is 0 Å². The molecule has 1 aromatic rings. The van der Waals surface area contributed by atoms with E-state index in [4.69, 9.17) is 14.2 Å². The van der Waals surface area contributed by atoms with E-state index >= 15 is 0 Å². The minimum Gasteiger partial charge on any atom is -0.490 e. The molecular weight excluding hydrogens is 319 g/mol. The maximum atomic E-state index is 13.8. The SMILES string of the molecule is CC(=O)c1cc(Br)cc(F)c1OCCC1OCCO1. The molecule has 0 saturated carbocycles. The van der Waals surface area contributed by atoms with E-state index in [-0.39, 0.29) is 30.0 Å². The molecule has 1 aliphatic rings. The van der Waals surface area contributed by atoms with Crippen molar-refractivity contribution in [3.05, 3.63) is 28.0 Å². The lowest BCUT2D eigenvalue weighted by atomic mass is 10.1. The summed E-state index contributed by atoms with van der Waals surface area (Å²) in [7, 11) is 0. The highest BCUT2D eigenvalue weighted by atomic mass is 79.9. The molecule has 6 heteroatoms. The normalized spacial score (nSPS) is 15.7. The van der Waals surface area contributed by atoms with Crippen molar-refractivity contribution in [1.29, 1.82) is 0 Å². The highest BCUT2D eigenvalue weighted by Crippen LogP contribution is 2.28. The molecular formula is C13H14BrFO4. The van der Waals surface area contributed by atoms with Crippen molar-refractivity contribution in [2.45, 2.75) is 19.6 Å². The van der Waals surface area contributed by atoms with Crippen LogP contribution in [0.15, 0.2) is 16.6 Å². The van der Waals surface area contributed by atoms with E-state index in [0.29, 0.717) is 24.1 Å². The van der Waals surface area contributed by atoms with E-state index in [9.17, 15) is 9.18 Å². The van der Waals surface area contributed by atoms with Crippen LogP contribution >= 0.6 is 15.9 Å². The Kier molecular flexibility index (Phi) is 4.90. The van der Waals surface area contributed by atoms with Crippen LogP contribution in [0.25, 0.3) is 0 Å². The van der Waals surface area contributed by atoms with Gasteiger partial charge < -0.3 is 14.2 Å². The number of hydrogen-bond donors (Lipinski definition) is 0. The first-order chi connectivity index (χ1) is 9.08. The van der Waals surface area contributed by atoms with Crippen LogP contribution in [0.4, 0.5) is 4.39 Å². The van der Waals surface area contributed by atoms with Crippen LogP contribution in [0, 0.1) is 5.82 Å². The van der Waals surface area contributed by atoms with E-state index in [1.165, 1.54) is 13.0 Å². The molecule has 1 aliphatic heterocycles. The third kappa shape index (κ3) is 3.75. The zero-order valence-electron chi connectivity index (χ0n) is 10.4. The van der Waals surface area contributed by atoms with Crippen molar-refractivity contribution >= 4 is 21.7 Å². The summed E-state index contributed by atoms with van der Waals surface area (Å²) in [6, 6.07) is 2.81. The van der Waals surface area contributed by atoms with Gasteiger partial charge >= 0.3 is 0 Å². The molecule has 104 valence electrons. The predicted octanol–water partition coefficient (Wildman–Crippen LogP) is 2.93. The van der Waals surface area contributed by atoms with E-state index in [1.54, 1.807) is 6.07 Å². The number of ether oxygens (including phenoxy) is 3. The third-order valence-electron chi connectivity index (χ3n) is 2.68. The zero-order valence-corrected chi connectivity index (χ0v) is 12.0. The summed E-state index contributed by atoms with van der Waals surface area (Å²) in [6.45, 7) is 2.73. The first kappa shape index (κ1) is 14.4. The van der Waals surface area contributed by atoms with Gasteiger partial charge in [0.05, 0.1) is 25.4 Å². The number of rotatable bonds is 5. The second kappa shape index (κ2) is 6.45. The van der Waals surface area contributed by atoms with Crippen LogP contribution in [0.3, 0.4) is 0 Å². The molecule has 0 amide bonds. The standard InChI is InChI=1S/C13H14BrFO4/c1-8(16)10-6-9(14)7-11(15)13(10)19-3-2-12-17-4-5-18-12/h6-7,12H,2-5H2,1H3. The van der Waals surface area contributed by atoms with Gasteiger partial charge in [-0.15, -0.1) is 0 Å². The minimum atomic E-state index is -0.562. The molecule has 0 unspecified atom stereocenters. The fourth-order valence-electron chi connectivity index (χ4n) is 1.80. The Balaban J connectivity index is 2.03. The van der Waals surface area contributed by atoms with Crippen LogP contribution in [0.2, 0.25) is 0 Å². The highest BCUT2D eigenvalue weighted by Gasteiger charge is 2.18. The molecule has 0 N–H and O–H groups in total. The van der Waals surface area contributed by atoms with Gasteiger partial charge in [0.25, 0.3) is 0 Å². The monoisotopic (exact) mass is 332 g/mol. The van der Waals surface area contributed by atoms with E-state index in [0.717, 1.165) is 0 Å². The summed E-state index contributed by atoms with van der Waals surface area (Å²) in [5.41, 5.74) is 0.222. The lowest BCUT2D eigenvalue weighted by molar-refractivity contribution is -0.0533. The maximum Gasteiger partial charge on any atom is 0.166 e. The third-order valence-corrected chi connectivity index (χ3v) is 3.14. The van der Waals surface area contributed by atoms with Gasteiger partial charge in [0.2, 0.25) is 0 Å². The second-order valence-corrected chi connectivity index (χ2v) is 5.04. The molecule has 2 rings (SSSR count). The van der Waals surface area contributed by atoms with Crippen LogP contribution in [0.1, 0.15) is 23.7 Å². The number of Topliss-reactive ketones (excluding diaryl/α,β-unsaturated/α-hetero) is 1. The van der Waals surface area contributed by atoms with Crippen molar-refractivity contribution < 1.29 is 23.4 Å². The molecule has 1 aromatic carbocycles. The molecule has 0 aromatic heterocycles. The molecule has 1 saturated heterocycles. The van der Waals surface area contributed by atoms with Gasteiger partial charge in [0, 0.05) is 10.9 Å². The molecule has 1 fully saturated rings. The van der Waals surface area contributed by atoms with Crippen LogP contribution in [-0.4, -0.2) is 31.9 Å². The van der Waals surface area contributed by atoms with E-state index < -0.39 is 5.82 Å². The van der Waals surface area contributed by atoms with Crippen LogP contribution < -0.4 is 4.74 Å². The van der Waals surface area contributed by atoms with Gasteiger partial charge in [-0.05, 0) is 19.1 Å². The quantitative estimate of drug-likeness (QED) is 0.777. The average molecular weight is 333 g/mol. The van der Waals surface area contributed by atoms with Crippen LogP contribution in [-0.2, 0) is 9.47 Å². The number of benzene rings is 1. The first-order valence-corrected chi connectivity index (χ1v) is 6.73. The van der Waals surface area contributed by atoms with Crippen LogP contribution in [0.5, 0.6) is 5.75 Å². The summed E-state index contributed by atoms with van der Waals surface area (Å²) < 4.78 is 30.2. The Morgan fingerprint density at radius 3 is 2.79 bits per heavy atom. The number of ketones is 1. The molecule has 0 atom stereocenters. The summed E-state index contributed by atoms with van der Waals surface area (Å²) in [4.78, 5) is 11.5. The van der Waals surface area contributed by atoms with Gasteiger partial charge in [-0.1, -0.05) is 15.9 Å². The largest absolute Gasteiger partial charge is 0.490 e. The van der Waals surface area contributed by atoms with Gasteiger partial charge in [-0.2, -0.15) is 0 Å². The van der Waals surface area contributed by atoms with Gasteiger partial charge in [0.15, 0.2) is 23.6 Å². The summed E-state index contributed by atoms with van der Waals surface area (Å²) in [5, 5.41) is 0. The fourth-order valence-corrected chi connectivity index (χ4v) is 2.23. The Morgan fingerprint density at radius 1 is 1.47 bits per heavy atom. The van der Waals surface area contributed by atoms with Crippen molar-refractivity contribution in [3.8, 4) is 5.75 Å². The van der Waals surface area contributed by atoms with Crippen molar-refractivity contribution in [1.82, 2.24) is 0 Å². The van der Waals surface area contributed by atoms with Crippen molar-refractivity contribution in [2.75, 3.05) is 19.8 Å². The second-order valence-electron chi connectivity index (χ2n) is 4.13. The number of carbonyl (C=O) groups is 1. The summed E-state index contributed by atoms with van der Waals surface area (Å²) in [6.07, 6.45) is 0.187. The Morgan fingerprint density at radius 2 is 2.16 bits per heavy atom. The Labute approximate surface area is 119 Å². The zero-order chi connectivity index (χ0) is 13.8. The number of hydrogen-bond acceptors (Lipinski definition) is 4. The number of carbonyl (C=O) groups excluding carboxylic acids is 1.